The second-order valence-electron chi connectivity index (χ2n) is 3.20. The van der Waals surface area contributed by atoms with Crippen LogP contribution >= 0.6 is 0 Å². The summed E-state index contributed by atoms with van der Waals surface area (Å²) in [6.07, 6.45) is 0.385. The Balaban J connectivity index is 2.45. The van der Waals surface area contributed by atoms with Crippen molar-refractivity contribution in [1.82, 2.24) is 14.2 Å². The minimum Gasteiger partial charge on any atom is -0.388 e. The third-order valence-corrected chi connectivity index (χ3v) is 2.05. The largest absolute Gasteiger partial charge is 0.388 e. The van der Waals surface area contributed by atoms with Crippen LogP contribution in [0.3, 0.4) is 0 Å². The molecule has 6 heteroatoms. The quantitative estimate of drug-likeness (QED) is 0.766. The molecule has 1 atom stereocenters. The molecule has 80 valence electrons. The number of hydrogen-bond acceptors (Lipinski definition) is 3. The lowest BCUT2D eigenvalue weighted by molar-refractivity contribution is 0.117. The van der Waals surface area contributed by atoms with Crippen molar-refractivity contribution in [3.8, 4) is 0 Å². The van der Waals surface area contributed by atoms with Crippen LogP contribution in [0.25, 0.3) is 5.65 Å². The summed E-state index contributed by atoms with van der Waals surface area (Å²) in [4.78, 5) is 11.6. The van der Waals surface area contributed by atoms with Gasteiger partial charge in [0, 0.05) is 6.20 Å². The van der Waals surface area contributed by atoms with Crippen LogP contribution in [0.15, 0.2) is 29.2 Å². The van der Waals surface area contributed by atoms with Crippen LogP contribution in [-0.4, -0.2) is 32.1 Å². The average Bonchev–Trinajstić information content (AvgIpc) is 2.57. The van der Waals surface area contributed by atoms with Crippen LogP contribution < -0.4 is 5.69 Å². The zero-order valence-corrected chi connectivity index (χ0v) is 7.88. The van der Waals surface area contributed by atoms with E-state index >= 15 is 0 Å². The number of aliphatic hydroxyl groups is 1. The average molecular weight is 211 g/mol. The van der Waals surface area contributed by atoms with E-state index in [0.717, 1.165) is 4.68 Å². The van der Waals surface area contributed by atoms with Crippen LogP contribution in [0.4, 0.5) is 4.39 Å². The number of fused-ring (bicyclic) bond motifs is 1. The molecule has 1 unspecified atom stereocenters. The Morgan fingerprint density at radius 1 is 1.53 bits per heavy atom. The summed E-state index contributed by atoms with van der Waals surface area (Å²) in [7, 11) is 0. The Hall–Kier alpha value is -1.69. The first-order chi connectivity index (χ1) is 7.22. The Bertz CT molecular complexity index is 519. The molecular formula is C9H10FN3O2. The third-order valence-electron chi connectivity index (χ3n) is 2.05. The fraction of sp³-hybridized carbons (Fsp3) is 0.333. The SMILES string of the molecule is O=c1n(CC(O)CF)nc2ccccn12. The zero-order chi connectivity index (χ0) is 10.8. The van der Waals surface area contributed by atoms with Crippen LogP contribution in [0.1, 0.15) is 0 Å². The number of hydrogen-bond donors (Lipinski definition) is 1. The molecule has 0 aliphatic carbocycles. The van der Waals surface area contributed by atoms with Crippen molar-refractivity contribution in [2.75, 3.05) is 6.67 Å². The van der Waals surface area contributed by atoms with E-state index in [-0.39, 0.29) is 12.2 Å². The lowest BCUT2D eigenvalue weighted by Gasteiger charge is -2.02. The van der Waals surface area contributed by atoms with E-state index in [2.05, 4.69) is 5.10 Å². The van der Waals surface area contributed by atoms with Gasteiger partial charge in [-0.05, 0) is 12.1 Å². The van der Waals surface area contributed by atoms with Gasteiger partial charge in [-0.25, -0.2) is 13.9 Å². The highest BCUT2D eigenvalue weighted by atomic mass is 19.1. The van der Waals surface area contributed by atoms with Gasteiger partial charge in [-0.15, -0.1) is 5.10 Å². The number of halogens is 1. The first-order valence-electron chi connectivity index (χ1n) is 4.50. The maximum absolute atomic E-state index is 12.1. The van der Waals surface area contributed by atoms with Crippen molar-refractivity contribution in [3.63, 3.8) is 0 Å². The standard InChI is InChI=1S/C9H10FN3O2/c10-5-7(14)6-13-9(15)12-4-2-1-3-8(12)11-13/h1-4,7,14H,5-6H2. The second kappa shape index (κ2) is 3.82. The van der Waals surface area contributed by atoms with Gasteiger partial charge < -0.3 is 5.11 Å². The van der Waals surface area contributed by atoms with E-state index in [1.807, 2.05) is 0 Å². The molecule has 2 aromatic rings. The molecule has 0 radical (unpaired) electrons. The molecule has 0 saturated carbocycles. The molecule has 2 rings (SSSR count). The number of rotatable bonds is 3. The van der Waals surface area contributed by atoms with Gasteiger partial charge in [0.1, 0.15) is 12.8 Å². The highest BCUT2D eigenvalue weighted by Gasteiger charge is 2.10. The molecule has 2 aromatic heterocycles. The van der Waals surface area contributed by atoms with E-state index in [9.17, 15) is 9.18 Å². The smallest absolute Gasteiger partial charge is 0.350 e. The van der Waals surface area contributed by atoms with Crippen LogP contribution in [-0.2, 0) is 6.54 Å². The number of alkyl halides is 1. The number of pyridine rings is 1. The monoisotopic (exact) mass is 211 g/mol. The van der Waals surface area contributed by atoms with Crippen LogP contribution in [0, 0.1) is 0 Å². The van der Waals surface area contributed by atoms with Gasteiger partial charge in [-0.3, -0.25) is 4.40 Å². The fourth-order valence-corrected chi connectivity index (χ4v) is 1.34. The van der Waals surface area contributed by atoms with Crippen LogP contribution in [0.2, 0.25) is 0 Å². The molecule has 5 nitrogen and oxygen atoms in total. The summed E-state index contributed by atoms with van der Waals surface area (Å²) in [6.45, 7) is -1.02. The molecule has 2 heterocycles. The molecular weight excluding hydrogens is 201 g/mol. The number of aliphatic hydroxyl groups excluding tert-OH is 1. The minimum atomic E-state index is -1.19. The van der Waals surface area contributed by atoms with Crippen molar-refractivity contribution in [1.29, 1.82) is 0 Å². The topological polar surface area (TPSA) is 59.5 Å². The Kier molecular flexibility index (Phi) is 2.51. The molecule has 1 N–H and O–H groups in total. The maximum atomic E-state index is 12.1. The van der Waals surface area contributed by atoms with Gasteiger partial charge >= 0.3 is 5.69 Å². The van der Waals surface area contributed by atoms with Gasteiger partial charge in [0.05, 0.1) is 6.54 Å². The van der Waals surface area contributed by atoms with E-state index in [1.54, 1.807) is 24.4 Å². The molecule has 15 heavy (non-hydrogen) atoms. The predicted molar refractivity (Wildman–Crippen MR) is 51.4 cm³/mol. The lowest BCUT2D eigenvalue weighted by atomic mass is 10.4. The van der Waals surface area contributed by atoms with E-state index in [1.165, 1.54) is 4.40 Å². The van der Waals surface area contributed by atoms with Crippen molar-refractivity contribution in [3.05, 3.63) is 34.9 Å². The maximum Gasteiger partial charge on any atom is 0.350 e. The van der Waals surface area contributed by atoms with Crippen molar-refractivity contribution >= 4 is 5.65 Å². The molecule has 0 bridgehead atoms. The molecule has 0 fully saturated rings. The summed E-state index contributed by atoms with van der Waals surface area (Å²) in [6, 6.07) is 5.11. The summed E-state index contributed by atoms with van der Waals surface area (Å²) < 4.78 is 14.5. The predicted octanol–water partition coefficient (Wildman–Crippen LogP) is -0.174. The summed E-state index contributed by atoms with van der Waals surface area (Å²) in [5, 5.41) is 13.0. The lowest BCUT2D eigenvalue weighted by Crippen LogP contribution is -2.28. The summed E-state index contributed by atoms with van der Waals surface area (Å²) in [5.41, 5.74) is 0.103. The first kappa shape index (κ1) is 9.85. The Morgan fingerprint density at radius 2 is 2.33 bits per heavy atom. The number of nitrogens with zero attached hydrogens (tertiary/aromatic N) is 3. The summed E-state index contributed by atoms with van der Waals surface area (Å²) in [5.74, 6) is 0. The number of aromatic nitrogens is 3. The van der Waals surface area contributed by atoms with Crippen LogP contribution in [0.5, 0.6) is 0 Å². The molecule has 0 aromatic carbocycles. The molecule has 0 saturated heterocycles. The first-order valence-corrected chi connectivity index (χ1v) is 4.50. The zero-order valence-electron chi connectivity index (χ0n) is 7.88. The van der Waals surface area contributed by atoms with Gasteiger partial charge in [0.15, 0.2) is 5.65 Å². The van der Waals surface area contributed by atoms with E-state index in [4.69, 9.17) is 5.11 Å². The highest BCUT2D eigenvalue weighted by Crippen LogP contribution is 1.96. The summed E-state index contributed by atoms with van der Waals surface area (Å²) >= 11 is 0. The van der Waals surface area contributed by atoms with Crippen molar-refractivity contribution in [2.24, 2.45) is 0 Å². The third kappa shape index (κ3) is 1.75. The Labute approximate surface area is 84.4 Å². The van der Waals surface area contributed by atoms with Gasteiger partial charge in [0.2, 0.25) is 0 Å². The Morgan fingerprint density at radius 3 is 3.00 bits per heavy atom. The van der Waals surface area contributed by atoms with Crippen molar-refractivity contribution < 1.29 is 9.50 Å². The highest BCUT2D eigenvalue weighted by molar-refractivity contribution is 5.35. The van der Waals surface area contributed by atoms with E-state index in [0.29, 0.717) is 5.65 Å². The van der Waals surface area contributed by atoms with Gasteiger partial charge in [-0.1, -0.05) is 6.07 Å². The van der Waals surface area contributed by atoms with Gasteiger partial charge in [-0.2, -0.15) is 0 Å². The van der Waals surface area contributed by atoms with Crippen molar-refractivity contribution in [2.45, 2.75) is 12.6 Å². The molecule has 0 aliphatic rings. The minimum absolute atomic E-state index is 0.128. The molecule has 0 spiro atoms. The molecule has 0 aliphatic heterocycles. The van der Waals surface area contributed by atoms with E-state index < -0.39 is 12.8 Å². The normalized spacial score (nSPS) is 13.2. The fourth-order valence-electron chi connectivity index (χ4n) is 1.34. The van der Waals surface area contributed by atoms with Gasteiger partial charge in [0.25, 0.3) is 0 Å². The molecule has 0 amide bonds. The second-order valence-corrected chi connectivity index (χ2v) is 3.20.